The van der Waals surface area contributed by atoms with Gasteiger partial charge in [0, 0.05) is 0 Å². The van der Waals surface area contributed by atoms with Crippen LogP contribution in [0, 0.1) is 0 Å². The molecule has 7 nitrogen and oxygen atoms in total. The molecule has 0 radical (unpaired) electrons. The number of hydrogen-bond donors (Lipinski definition) is 1. The Morgan fingerprint density at radius 1 is 0.952 bits per heavy atom. The Hall–Kier alpha value is 0.320. The molecule has 102 valence electrons. The number of fused-ring (bicyclic) bond motifs is 1. The maximum atomic E-state index is 11.5. The van der Waals surface area contributed by atoms with E-state index in [0.29, 0.717) is 6.07 Å². The van der Waals surface area contributed by atoms with Crippen LogP contribution in [-0.4, -0.2) is 25.9 Å². The van der Waals surface area contributed by atoms with Gasteiger partial charge in [0.15, 0.2) is 0 Å². The molecule has 0 bridgehead atoms. The Balaban J connectivity index is 0.00000200. The minimum atomic E-state index is -5.11. The Kier molecular flexibility index (Phi) is 7.37. The molecular weight excluding hydrogens is 342 g/mol. The largest absolute Gasteiger partial charge is 1.00 e. The van der Waals surface area contributed by atoms with Crippen molar-refractivity contribution in [3.05, 3.63) is 30.3 Å². The van der Waals surface area contributed by atoms with Crippen molar-refractivity contribution in [1.29, 1.82) is 0 Å². The van der Waals surface area contributed by atoms with Gasteiger partial charge >= 0.3 is 59.1 Å². The summed E-state index contributed by atoms with van der Waals surface area (Å²) in [4.78, 5) is -2.19. The topological polar surface area (TPSA) is 135 Å². The van der Waals surface area contributed by atoms with Crippen LogP contribution in [0.1, 0.15) is 0 Å². The van der Waals surface area contributed by atoms with E-state index >= 15 is 0 Å². The summed E-state index contributed by atoms with van der Waals surface area (Å²) in [5, 5.41) is 11.5. The van der Waals surface area contributed by atoms with E-state index in [1.54, 1.807) is 0 Å². The molecule has 0 amide bonds. The molecule has 2 aromatic rings. The third-order valence-electron chi connectivity index (χ3n) is 2.45. The first kappa shape index (κ1) is 21.3. The minimum Gasteiger partial charge on any atom is -0.872 e. The van der Waals surface area contributed by atoms with Gasteiger partial charge < -0.3 is 9.66 Å². The summed E-state index contributed by atoms with van der Waals surface area (Å²) in [6.45, 7) is 0. The van der Waals surface area contributed by atoms with Crippen LogP contribution in [0.4, 0.5) is 0 Å². The fourth-order valence-electron chi connectivity index (χ4n) is 1.65. The van der Waals surface area contributed by atoms with Gasteiger partial charge in [0.1, 0.15) is 15.0 Å². The molecule has 0 atom stereocenters. The standard InChI is InChI=1S/C10H8O7S2.2Na/c11-8-3-1-2-6-4-9(18(12,13)14)10(5-7(6)8)19(15,16)17;;/h1-5,11H,(H,12,13,14)(H,15,16,17);;/q;2*+1/p-2. The van der Waals surface area contributed by atoms with Crippen LogP contribution >= 0.6 is 0 Å². The average molecular weight is 348 g/mol. The molecule has 0 heterocycles. The first-order chi connectivity index (χ1) is 8.60. The zero-order valence-electron chi connectivity index (χ0n) is 11.1. The van der Waals surface area contributed by atoms with Crippen LogP contribution in [0.15, 0.2) is 40.1 Å². The third-order valence-corrected chi connectivity index (χ3v) is 4.35. The molecule has 2 rings (SSSR count). The van der Waals surface area contributed by atoms with Gasteiger partial charge in [-0.1, -0.05) is 18.2 Å². The molecule has 1 N–H and O–H groups in total. The van der Waals surface area contributed by atoms with Crippen molar-refractivity contribution >= 4 is 31.0 Å². The summed E-state index contributed by atoms with van der Waals surface area (Å²) in [6.07, 6.45) is 0. The smallest absolute Gasteiger partial charge is 0.872 e. The molecular formula is C10H6Na2O7S2. The summed E-state index contributed by atoms with van der Waals surface area (Å²) >= 11 is 0. The summed E-state index contributed by atoms with van der Waals surface area (Å²) in [5.41, 5.74) is 0. The minimum absolute atomic E-state index is 0. The molecule has 0 aliphatic rings. The zero-order chi connectivity index (χ0) is 14.4. The molecule has 0 fully saturated rings. The van der Waals surface area contributed by atoms with Gasteiger partial charge in [-0.3, -0.25) is 4.55 Å². The van der Waals surface area contributed by atoms with Crippen molar-refractivity contribution in [2.45, 2.75) is 9.79 Å². The molecule has 0 aliphatic heterocycles. The normalized spacial score (nSPS) is 11.5. The molecule has 11 heteroatoms. The maximum absolute atomic E-state index is 11.5. The van der Waals surface area contributed by atoms with Crippen LogP contribution in [0.5, 0.6) is 5.75 Å². The van der Waals surface area contributed by atoms with Gasteiger partial charge in [0.05, 0.1) is 4.90 Å². The van der Waals surface area contributed by atoms with E-state index < -0.39 is 35.8 Å². The van der Waals surface area contributed by atoms with Gasteiger partial charge in [0.2, 0.25) is 0 Å². The number of benzene rings is 2. The molecule has 0 saturated carbocycles. The quantitative estimate of drug-likeness (QED) is 0.422. The van der Waals surface area contributed by atoms with Gasteiger partial charge in [-0.05, 0) is 22.9 Å². The maximum Gasteiger partial charge on any atom is 1.00 e. The third kappa shape index (κ3) is 4.64. The van der Waals surface area contributed by atoms with E-state index in [-0.39, 0.29) is 69.9 Å². The SMILES string of the molecule is O=S(=O)([O-])c1cc2cccc([O-])c2cc1S(=O)(=O)O.[Na+].[Na+]. The molecule has 0 spiro atoms. The van der Waals surface area contributed by atoms with Gasteiger partial charge in [-0.15, -0.1) is 5.75 Å². The van der Waals surface area contributed by atoms with Crippen molar-refractivity contribution in [1.82, 2.24) is 0 Å². The first-order valence-corrected chi connectivity index (χ1v) is 7.63. The summed E-state index contributed by atoms with van der Waals surface area (Å²) < 4.78 is 64.2. The van der Waals surface area contributed by atoms with E-state index in [2.05, 4.69) is 0 Å². The summed E-state index contributed by atoms with van der Waals surface area (Å²) in [6, 6.07) is 5.25. The van der Waals surface area contributed by atoms with E-state index in [4.69, 9.17) is 4.55 Å². The van der Waals surface area contributed by atoms with Crippen molar-refractivity contribution in [3.63, 3.8) is 0 Å². The van der Waals surface area contributed by atoms with E-state index in [1.807, 2.05) is 0 Å². The van der Waals surface area contributed by atoms with Crippen LogP contribution in [-0.2, 0) is 20.2 Å². The predicted molar refractivity (Wildman–Crippen MR) is 61.2 cm³/mol. The molecule has 0 aromatic heterocycles. The molecule has 2 aromatic carbocycles. The van der Waals surface area contributed by atoms with Gasteiger partial charge in [0.25, 0.3) is 10.1 Å². The van der Waals surface area contributed by atoms with Gasteiger partial charge in [-0.2, -0.15) is 8.42 Å². The van der Waals surface area contributed by atoms with Crippen LogP contribution in [0.2, 0.25) is 0 Å². The average Bonchev–Trinajstić information content (AvgIpc) is 2.25. The summed E-state index contributed by atoms with van der Waals surface area (Å²) in [5.74, 6) is -0.558. The van der Waals surface area contributed by atoms with Crippen molar-refractivity contribution in [2.24, 2.45) is 0 Å². The fraction of sp³-hybridized carbons (Fsp3) is 0. The van der Waals surface area contributed by atoms with E-state index in [9.17, 15) is 26.5 Å². The number of hydrogen-bond acceptors (Lipinski definition) is 6. The van der Waals surface area contributed by atoms with Crippen LogP contribution < -0.4 is 64.2 Å². The second kappa shape index (κ2) is 7.26. The Morgan fingerprint density at radius 3 is 2.00 bits per heavy atom. The Labute approximate surface area is 165 Å². The summed E-state index contributed by atoms with van der Waals surface area (Å²) in [7, 11) is -10.1. The Bertz CT molecular complexity index is 876. The molecule has 0 saturated heterocycles. The molecule has 0 aliphatic carbocycles. The van der Waals surface area contributed by atoms with Crippen LogP contribution in [0.3, 0.4) is 0 Å². The zero-order valence-corrected chi connectivity index (χ0v) is 16.7. The van der Waals surface area contributed by atoms with Crippen molar-refractivity contribution < 1.29 is 90.2 Å². The monoisotopic (exact) mass is 348 g/mol. The number of rotatable bonds is 2. The second-order valence-corrected chi connectivity index (χ2v) is 6.44. The van der Waals surface area contributed by atoms with Crippen molar-refractivity contribution in [3.8, 4) is 5.75 Å². The fourth-order valence-corrected chi connectivity index (χ4v) is 3.43. The molecule has 0 unspecified atom stereocenters. The predicted octanol–water partition coefficient (Wildman–Crippen LogP) is -5.93. The molecule has 21 heavy (non-hydrogen) atoms. The van der Waals surface area contributed by atoms with E-state index in [0.717, 1.165) is 12.1 Å². The Morgan fingerprint density at radius 2 is 1.52 bits per heavy atom. The van der Waals surface area contributed by atoms with Crippen LogP contribution in [0.25, 0.3) is 10.8 Å². The van der Waals surface area contributed by atoms with Gasteiger partial charge in [-0.25, -0.2) is 8.42 Å². The van der Waals surface area contributed by atoms with E-state index in [1.165, 1.54) is 12.1 Å². The first-order valence-electron chi connectivity index (χ1n) is 4.78. The second-order valence-electron chi connectivity index (χ2n) is 3.71. The van der Waals surface area contributed by atoms with Crippen molar-refractivity contribution in [2.75, 3.05) is 0 Å².